The fourth-order valence-electron chi connectivity index (χ4n) is 1.24. The summed E-state index contributed by atoms with van der Waals surface area (Å²) < 4.78 is 0.254. The van der Waals surface area contributed by atoms with Gasteiger partial charge >= 0.3 is 0 Å². The summed E-state index contributed by atoms with van der Waals surface area (Å²) in [5.41, 5.74) is 1.86. The minimum atomic E-state index is -0.292. The quantitative estimate of drug-likeness (QED) is 0.922. The molecule has 7 heteroatoms. The molecule has 5 nitrogen and oxygen atoms in total. The number of halogens is 1. The first kappa shape index (κ1) is 11.9. The van der Waals surface area contributed by atoms with E-state index in [1.54, 1.807) is 6.20 Å². The zero-order valence-electron chi connectivity index (χ0n) is 8.98. The fourth-order valence-corrected chi connectivity index (χ4v) is 1.98. The molecular weight excluding hydrogens is 260 g/mol. The second-order valence-corrected chi connectivity index (χ2v) is 4.87. The first-order valence-corrected chi connectivity index (χ1v) is 6.04. The van der Waals surface area contributed by atoms with Crippen LogP contribution in [0, 0.1) is 6.92 Å². The lowest BCUT2D eigenvalue weighted by Gasteiger charge is -2.04. The topological polar surface area (TPSA) is 67.8 Å². The number of carbonyl (C=O) groups excluding carboxylic acids is 1. The maximum absolute atomic E-state index is 11.7. The highest BCUT2D eigenvalue weighted by Crippen LogP contribution is 2.14. The molecule has 0 bridgehead atoms. The molecule has 2 rings (SSSR count). The van der Waals surface area contributed by atoms with Crippen molar-refractivity contribution in [2.24, 2.45) is 0 Å². The Morgan fingerprint density at radius 2 is 2.35 bits per heavy atom. The summed E-state index contributed by atoms with van der Waals surface area (Å²) in [6.45, 7) is 2.30. The van der Waals surface area contributed by atoms with E-state index < -0.39 is 0 Å². The average Bonchev–Trinajstić information content (AvgIpc) is 2.74. The van der Waals surface area contributed by atoms with Gasteiger partial charge in [0.1, 0.15) is 0 Å². The van der Waals surface area contributed by atoms with E-state index in [0.717, 1.165) is 22.6 Å². The predicted octanol–water partition coefficient (Wildman–Crippen LogP) is 1.82. The number of rotatable bonds is 3. The third kappa shape index (κ3) is 2.98. The highest BCUT2D eigenvalue weighted by Gasteiger charge is 2.11. The molecule has 0 spiro atoms. The number of carbonyl (C=O) groups is 1. The number of hydrogen-bond acceptors (Lipinski definition) is 5. The van der Waals surface area contributed by atoms with Gasteiger partial charge in [0.15, 0.2) is 0 Å². The largest absolute Gasteiger partial charge is 0.344 e. The molecule has 0 aliphatic carbocycles. The Balaban J connectivity index is 1.99. The number of nitrogens with one attached hydrogen (secondary N) is 1. The van der Waals surface area contributed by atoms with Crippen molar-refractivity contribution in [1.82, 2.24) is 20.5 Å². The molecular formula is C10H9ClN4OS. The maximum Gasteiger partial charge on any atom is 0.282 e. The summed E-state index contributed by atoms with van der Waals surface area (Å²) in [6, 6.07) is 3.79. The fraction of sp³-hybridized carbons (Fsp3) is 0.200. The predicted molar refractivity (Wildman–Crippen MR) is 65.1 cm³/mol. The summed E-state index contributed by atoms with van der Waals surface area (Å²) in [4.78, 5) is 15.8. The number of aromatic nitrogens is 3. The van der Waals surface area contributed by atoms with Crippen molar-refractivity contribution in [2.45, 2.75) is 13.5 Å². The lowest BCUT2D eigenvalue weighted by atomic mass is 10.2. The second kappa shape index (κ2) is 5.20. The van der Waals surface area contributed by atoms with Crippen molar-refractivity contribution in [3.05, 3.63) is 39.1 Å². The molecule has 0 aromatic carbocycles. The van der Waals surface area contributed by atoms with E-state index in [2.05, 4.69) is 20.5 Å². The van der Waals surface area contributed by atoms with Crippen LogP contribution in [0.1, 0.15) is 21.1 Å². The molecule has 0 atom stereocenters. The zero-order chi connectivity index (χ0) is 12.3. The van der Waals surface area contributed by atoms with Gasteiger partial charge in [-0.3, -0.25) is 9.78 Å². The Hall–Kier alpha value is -1.53. The van der Waals surface area contributed by atoms with E-state index in [1.807, 2.05) is 19.1 Å². The molecule has 2 aromatic rings. The molecule has 2 aromatic heterocycles. The van der Waals surface area contributed by atoms with E-state index in [0.29, 0.717) is 6.54 Å². The minimum Gasteiger partial charge on any atom is -0.344 e. The minimum absolute atomic E-state index is 0.253. The number of aryl methyl sites for hydroxylation is 1. The van der Waals surface area contributed by atoms with Crippen LogP contribution in [0.3, 0.4) is 0 Å². The molecule has 88 valence electrons. The summed E-state index contributed by atoms with van der Waals surface area (Å²) in [5.74, 6) is -0.292. The summed E-state index contributed by atoms with van der Waals surface area (Å²) in [7, 11) is 0. The summed E-state index contributed by atoms with van der Waals surface area (Å²) >= 11 is 6.65. The van der Waals surface area contributed by atoms with Gasteiger partial charge in [0.05, 0.1) is 12.2 Å². The molecule has 0 saturated carbocycles. The van der Waals surface area contributed by atoms with E-state index in [4.69, 9.17) is 11.6 Å². The standard InChI is InChI=1S/C10H9ClN4OS/c1-6-3-2-4-12-7(6)5-13-8(16)9-14-15-10(11)17-9/h2-4H,5H2,1H3,(H,13,16). The lowest BCUT2D eigenvalue weighted by Crippen LogP contribution is -2.23. The van der Waals surface area contributed by atoms with E-state index in [1.165, 1.54) is 0 Å². The smallest absolute Gasteiger partial charge is 0.282 e. The van der Waals surface area contributed by atoms with Crippen molar-refractivity contribution in [3.8, 4) is 0 Å². The van der Waals surface area contributed by atoms with Crippen LogP contribution in [0.4, 0.5) is 0 Å². The van der Waals surface area contributed by atoms with Gasteiger partial charge < -0.3 is 5.32 Å². The number of pyridine rings is 1. The van der Waals surface area contributed by atoms with Crippen molar-refractivity contribution in [2.75, 3.05) is 0 Å². The van der Waals surface area contributed by atoms with Crippen molar-refractivity contribution >= 4 is 28.8 Å². The molecule has 0 radical (unpaired) electrons. The monoisotopic (exact) mass is 268 g/mol. The van der Waals surface area contributed by atoms with Gasteiger partial charge in [-0.2, -0.15) is 0 Å². The Labute approximate surface area is 107 Å². The first-order valence-electron chi connectivity index (χ1n) is 4.84. The van der Waals surface area contributed by atoms with Gasteiger partial charge in [0.25, 0.3) is 5.91 Å². The van der Waals surface area contributed by atoms with E-state index in [-0.39, 0.29) is 15.4 Å². The lowest BCUT2D eigenvalue weighted by molar-refractivity contribution is 0.0949. The normalized spacial score (nSPS) is 10.2. The second-order valence-electron chi connectivity index (χ2n) is 3.31. The van der Waals surface area contributed by atoms with Crippen molar-refractivity contribution < 1.29 is 4.79 Å². The molecule has 17 heavy (non-hydrogen) atoms. The van der Waals surface area contributed by atoms with Crippen LogP contribution in [-0.4, -0.2) is 21.1 Å². The van der Waals surface area contributed by atoms with Gasteiger partial charge in [-0.25, -0.2) is 0 Å². The molecule has 0 saturated heterocycles. The van der Waals surface area contributed by atoms with Crippen molar-refractivity contribution in [3.63, 3.8) is 0 Å². The highest BCUT2D eigenvalue weighted by atomic mass is 35.5. The Bertz CT molecular complexity index is 543. The van der Waals surface area contributed by atoms with Crippen LogP contribution in [-0.2, 0) is 6.54 Å². The summed E-state index contributed by atoms with van der Waals surface area (Å²) in [5, 5.41) is 10.2. The van der Waals surface area contributed by atoms with Crippen molar-refractivity contribution in [1.29, 1.82) is 0 Å². The van der Waals surface area contributed by atoms with Gasteiger partial charge in [0.2, 0.25) is 9.47 Å². The summed E-state index contributed by atoms with van der Waals surface area (Å²) in [6.07, 6.45) is 1.69. The van der Waals surface area contributed by atoms with Crippen LogP contribution < -0.4 is 5.32 Å². The van der Waals surface area contributed by atoms with Crippen LogP contribution >= 0.6 is 22.9 Å². The third-order valence-corrected chi connectivity index (χ3v) is 3.15. The van der Waals surface area contributed by atoms with Gasteiger partial charge in [0, 0.05) is 6.20 Å². The number of hydrogen-bond donors (Lipinski definition) is 1. The molecule has 1 N–H and O–H groups in total. The molecule has 0 aliphatic heterocycles. The Kier molecular flexibility index (Phi) is 3.65. The van der Waals surface area contributed by atoms with E-state index in [9.17, 15) is 4.79 Å². The van der Waals surface area contributed by atoms with Gasteiger partial charge in [-0.05, 0) is 30.2 Å². The van der Waals surface area contributed by atoms with Crippen LogP contribution in [0.2, 0.25) is 4.47 Å². The SMILES string of the molecule is Cc1cccnc1CNC(=O)c1nnc(Cl)s1. The van der Waals surface area contributed by atoms with E-state index >= 15 is 0 Å². The molecule has 0 fully saturated rings. The first-order chi connectivity index (χ1) is 8.16. The van der Waals surface area contributed by atoms with Crippen LogP contribution in [0.15, 0.2) is 18.3 Å². The average molecular weight is 269 g/mol. The zero-order valence-corrected chi connectivity index (χ0v) is 10.5. The Morgan fingerprint density at radius 3 is 3.00 bits per heavy atom. The number of amides is 1. The number of nitrogens with zero attached hydrogens (tertiary/aromatic N) is 3. The van der Waals surface area contributed by atoms with Gasteiger partial charge in [-0.1, -0.05) is 17.4 Å². The van der Waals surface area contributed by atoms with Crippen LogP contribution in [0.25, 0.3) is 0 Å². The van der Waals surface area contributed by atoms with Gasteiger partial charge in [-0.15, -0.1) is 10.2 Å². The maximum atomic E-state index is 11.7. The van der Waals surface area contributed by atoms with Crippen LogP contribution in [0.5, 0.6) is 0 Å². The molecule has 1 amide bonds. The molecule has 0 unspecified atom stereocenters. The molecule has 0 aliphatic rings. The molecule has 2 heterocycles. The third-order valence-electron chi connectivity index (χ3n) is 2.13. The Morgan fingerprint density at radius 1 is 1.53 bits per heavy atom. The highest BCUT2D eigenvalue weighted by molar-refractivity contribution is 7.17.